The number of benzene rings is 2. The Morgan fingerprint density at radius 3 is 2.56 bits per heavy atom. The molecule has 34 heavy (non-hydrogen) atoms. The summed E-state index contributed by atoms with van der Waals surface area (Å²) in [7, 11) is 1.78. The number of amides is 1. The zero-order valence-electron chi connectivity index (χ0n) is 19.7. The fourth-order valence-electron chi connectivity index (χ4n) is 4.37. The lowest BCUT2D eigenvalue weighted by atomic mass is 9.86. The number of halogens is 1. The molecule has 0 atom stereocenters. The molecular formula is C27H31ClN4OS. The molecule has 1 aliphatic heterocycles. The maximum atomic E-state index is 11.9. The zero-order valence-corrected chi connectivity index (χ0v) is 21.3. The highest BCUT2D eigenvalue weighted by molar-refractivity contribution is 7.99. The second-order valence-corrected chi connectivity index (χ2v) is 10.3. The topological polar surface area (TPSA) is 57.3 Å². The normalized spacial score (nSPS) is 14.8. The van der Waals surface area contributed by atoms with Gasteiger partial charge in [-0.2, -0.15) is 0 Å². The Balaban J connectivity index is 1.30. The number of piperidine rings is 1. The van der Waals surface area contributed by atoms with E-state index in [9.17, 15) is 4.79 Å². The van der Waals surface area contributed by atoms with Gasteiger partial charge in [-0.05, 0) is 105 Å². The highest BCUT2D eigenvalue weighted by atomic mass is 35.5. The summed E-state index contributed by atoms with van der Waals surface area (Å²) < 4.78 is 0. The molecule has 0 spiro atoms. The summed E-state index contributed by atoms with van der Waals surface area (Å²) in [6, 6.07) is 18.4. The lowest BCUT2D eigenvalue weighted by Crippen LogP contribution is -2.32. The Bertz CT molecular complexity index is 1100. The van der Waals surface area contributed by atoms with E-state index in [1.165, 1.54) is 16.7 Å². The maximum Gasteiger partial charge on any atom is 0.238 e. The first kappa shape index (κ1) is 24.7. The van der Waals surface area contributed by atoms with Crippen molar-refractivity contribution in [2.24, 2.45) is 0 Å². The number of pyridine rings is 1. The Morgan fingerprint density at radius 1 is 1.12 bits per heavy atom. The Morgan fingerprint density at radius 2 is 1.88 bits per heavy atom. The van der Waals surface area contributed by atoms with Crippen molar-refractivity contribution in [3.8, 4) is 0 Å². The number of nitrogens with zero attached hydrogens (tertiary/aromatic N) is 2. The van der Waals surface area contributed by atoms with Gasteiger partial charge in [-0.1, -0.05) is 35.5 Å². The first-order valence-corrected chi connectivity index (χ1v) is 12.9. The fraction of sp³-hybridized carbons (Fsp3) is 0.333. The molecule has 2 heterocycles. The molecule has 4 rings (SSSR count). The molecular weight excluding hydrogens is 464 g/mol. The highest BCUT2D eigenvalue weighted by Crippen LogP contribution is 2.33. The van der Waals surface area contributed by atoms with Gasteiger partial charge in [0.25, 0.3) is 0 Å². The number of hydrogen-bond acceptors (Lipinski definition) is 5. The van der Waals surface area contributed by atoms with Gasteiger partial charge in [0.1, 0.15) is 5.03 Å². The molecule has 1 amide bonds. The van der Waals surface area contributed by atoms with E-state index in [2.05, 4.69) is 51.7 Å². The van der Waals surface area contributed by atoms with E-state index in [0.717, 1.165) is 53.1 Å². The maximum absolute atomic E-state index is 11.9. The largest absolute Gasteiger partial charge is 0.325 e. The summed E-state index contributed by atoms with van der Waals surface area (Å²) in [5.74, 6) is 0.506. The van der Waals surface area contributed by atoms with Gasteiger partial charge < -0.3 is 10.6 Å². The molecule has 0 saturated carbocycles. The predicted octanol–water partition coefficient (Wildman–Crippen LogP) is 5.73. The van der Waals surface area contributed by atoms with Crippen molar-refractivity contribution < 1.29 is 4.79 Å². The van der Waals surface area contributed by atoms with Gasteiger partial charge in [-0.3, -0.25) is 9.69 Å². The quantitative estimate of drug-likeness (QED) is 0.418. The van der Waals surface area contributed by atoms with Gasteiger partial charge in [0, 0.05) is 28.3 Å². The van der Waals surface area contributed by atoms with Crippen LogP contribution in [-0.4, -0.2) is 42.5 Å². The number of carbonyl (C=O) groups excluding carboxylic acids is 1. The van der Waals surface area contributed by atoms with Gasteiger partial charge >= 0.3 is 0 Å². The van der Waals surface area contributed by atoms with E-state index in [0.29, 0.717) is 12.5 Å². The minimum atomic E-state index is -0.0154. The smallest absolute Gasteiger partial charge is 0.238 e. The van der Waals surface area contributed by atoms with E-state index in [1.807, 2.05) is 36.5 Å². The molecule has 178 valence electrons. The van der Waals surface area contributed by atoms with Crippen LogP contribution < -0.4 is 10.6 Å². The number of nitrogens with one attached hydrogen (secondary N) is 2. The average Bonchev–Trinajstić information content (AvgIpc) is 2.84. The minimum absolute atomic E-state index is 0.0154. The Labute approximate surface area is 211 Å². The SMILES string of the molecule is CNCC(=O)Nc1ccc(C)c(C2CCN(Cc3ccc(Sc4ccc(Cl)cc4)nc3)CC2)c1. The molecule has 2 aromatic carbocycles. The van der Waals surface area contributed by atoms with Crippen molar-refractivity contribution in [1.82, 2.24) is 15.2 Å². The van der Waals surface area contributed by atoms with Gasteiger partial charge in [0.05, 0.1) is 6.54 Å². The van der Waals surface area contributed by atoms with Crippen LogP contribution in [-0.2, 0) is 11.3 Å². The van der Waals surface area contributed by atoms with E-state index in [-0.39, 0.29) is 5.91 Å². The van der Waals surface area contributed by atoms with Crippen LogP contribution in [0, 0.1) is 6.92 Å². The van der Waals surface area contributed by atoms with Crippen molar-refractivity contribution in [2.45, 2.75) is 42.1 Å². The number of aryl methyl sites for hydroxylation is 1. The monoisotopic (exact) mass is 494 g/mol. The van der Waals surface area contributed by atoms with Crippen LogP contribution >= 0.6 is 23.4 Å². The van der Waals surface area contributed by atoms with Crippen LogP contribution in [0.25, 0.3) is 0 Å². The van der Waals surface area contributed by atoms with Crippen LogP contribution in [0.15, 0.2) is 70.7 Å². The molecule has 5 nitrogen and oxygen atoms in total. The average molecular weight is 495 g/mol. The third kappa shape index (κ3) is 6.83. The number of aromatic nitrogens is 1. The standard InChI is InChI=1S/C27H31ClN4OS/c1-19-3-7-23(31-26(33)17-29-2)15-25(19)21-11-13-32(14-12-21)18-20-4-10-27(30-16-20)34-24-8-5-22(28)6-9-24/h3-10,15-16,21,29H,11-14,17-18H2,1-2H3,(H,31,33). The number of likely N-dealkylation sites (tertiary alicyclic amines) is 1. The number of carbonyl (C=O) groups is 1. The number of likely N-dealkylation sites (N-methyl/N-ethyl adjacent to an activating group) is 1. The molecule has 1 aromatic heterocycles. The second kappa shape index (κ2) is 11.8. The van der Waals surface area contributed by atoms with Crippen LogP contribution in [0.5, 0.6) is 0 Å². The number of rotatable bonds is 8. The summed E-state index contributed by atoms with van der Waals surface area (Å²) in [6.45, 7) is 5.52. The van der Waals surface area contributed by atoms with Crippen molar-refractivity contribution in [3.05, 3.63) is 82.5 Å². The van der Waals surface area contributed by atoms with Gasteiger partial charge in [-0.25, -0.2) is 4.98 Å². The lowest BCUT2D eigenvalue weighted by Gasteiger charge is -2.33. The van der Waals surface area contributed by atoms with Crippen LogP contribution in [0.1, 0.15) is 35.4 Å². The minimum Gasteiger partial charge on any atom is -0.325 e. The lowest BCUT2D eigenvalue weighted by molar-refractivity contribution is -0.115. The molecule has 0 unspecified atom stereocenters. The summed E-state index contributed by atoms with van der Waals surface area (Å²) in [5.41, 5.74) is 4.77. The molecule has 0 bridgehead atoms. The molecule has 3 aromatic rings. The summed E-state index contributed by atoms with van der Waals surface area (Å²) in [5, 5.41) is 7.61. The molecule has 0 aliphatic carbocycles. The third-order valence-electron chi connectivity index (χ3n) is 6.17. The highest BCUT2D eigenvalue weighted by Gasteiger charge is 2.22. The van der Waals surface area contributed by atoms with Crippen molar-refractivity contribution in [3.63, 3.8) is 0 Å². The van der Waals surface area contributed by atoms with Crippen LogP contribution in [0.3, 0.4) is 0 Å². The molecule has 2 N–H and O–H groups in total. The molecule has 1 fully saturated rings. The zero-order chi connectivity index (χ0) is 23.9. The third-order valence-corrected chi connectivity index (χ3v) is 7.38. The van der Waals surface area contributed by atoms with Crippen molar-refractivity contribution in [2.75, 3.05) is 32.0 Å². The summed E-state index contributed by atoms with van der Waals surface area (Å²) in [6.07, 6.45) is 4.23. The predicted molar refractivity (Wildman–Crippen MR) is 141 cm³/mol. The van der Waals surface area contributed by atoms with E-state index >= 15 is 0 Å². The second-order valence-electron chi connectivity index (χ2n) is 8.76. The Hall–Kier alpha value is -2.38. The van der Waals surface area contributed by atoms with Gasteiger partial charge in [0.2, 0.25) is 5.91 Å². The first-order valence-electron chi connectivity index (χ1n) is 11.7. The van der Waals surface area contributed by atoms with Crippen molar-refractivity contribution >= 4 is 35.0 Å². The van der Waals surface area contributed by atoms with Gasteiger partial charge in [0.15, 0.2) is 0 Å². The van der Waals surface area contributed by atoms with Crippen LogP contribution in [0.4, 0.5) is 5.69 Å². The molecule has 1 aliphatic rings. The Kier molecular flexibility index (Phi) is 8.62. The van der Waals surface area contributed by atoms with E-state index in [1.54, 1.807) is 18.8 Å². The van der Waals surface area contributed by atoms with E-state index < -0.39 is 0 Å². The number of anilines is 1. The number of hydrogen-bond donors (Lipinski definition) is 2. The molecule has 1 saturated heterocycles. The first-order chi connectivity index (χ1) is 16.5. The summed E-state index contributed by atoms with van der Waals surface area (Å²) >= 11 is 7.61. The van der Waals surface area contributed by atoms with Crippen LogP contribution in [0.2, 0.25) is 5.02 Å². The molecule has 0 radical (unpaired) electrons. The summed E-state index contributed by atoms with van der Waals surface area (Å²) in [4.78, 5) is 20.2. The fourth-order valence-corrected chi connectivity index (χ4v) is 5.25. The van der Waals surface area contributed by atoms with E-state index in [4.69, 9.17) is 11.6 Å². The van der Waals surface area contributed by atoms with Gasteiger partial charge in [-0.15, -0.1) is 0 Å². The molecule has 7 heteroatoms. The van der Waals surface area contributed by atoms with Crippen molar-refractivity contribution in [1.29, 1.82) is 0 Å².